The first-order valence-corrected chi connectivity index (χ1v) is 18.5. The van der Waals surface area contributed by atoms with Crippen molar-refractivity contribution in [1.82, 2.24) is 9.80 Å². The van der Waals surface area contributed by atoms with Crippen LogP contribution in [0, 0.1) is 0 Å². The van der Waals surface area contributed by atoms with Crippen LogP contribution in [0.25, 0.3) is 0 Å². The van der Waals surface area contributed by atoms with Crippen molar-refractivity contribution in [3.63, 3.8) is 0 Å². The summed E-state index contributed by atoms with van der Waals surface area (Å²) in [5, 5.41) is 0. The first kappa shape index (κ1) is 36.9. The Labute approximate surface area is 299 Å². The molecule has 3 aromatic carbocycles. The Balaban J connectivity index is 1.34. The predicted octanol–water partition coefficient (Wildman–Crippen LogP) is 6.57. The van der Waals surface area contributed by atoms with Gasteiger partial charge in [0.15, 0.2) is 0 Å². The van der Waals surface area contributed by atoms with Gasteiger partial charge in [-0.2, -0.15) is 0 Å². The maximum Gasteiger partial charge on any atom is 0.0401 e. The van der Waals surface area contributed by atoms with Crippen LogP contribution in [-0.4, -0.2) is 126 Å². The smallest absolute Gasteiger partial charge is 0.0401 e. The molecular formula is C42H54N8. The Morgan fingerprint density at radius 1 is 0.300 bits per heavy atom. The van der Waals surface area contributed by atoms with Crippen molar-refractivity contribution in [3.8, 4) is 0 Å². The lowest BCUT2D eigenvalue weighted by atomic mass is 10.1. The molecule has 3 heterocycles. The summed E-state index contributed by atoms with van der Waals surface area (Å²) >= 11 is 0. The quantitative estimate of drug-likeness (QED) is 0.271. The van der Waals surface area contributed by atoms with Crippen molar-refractivity contribution in [3.05, 3.63) is 106 Å². The van der Waals surface area contributed by atoms with Crippen molar-refractivity contribution in [1.29, 1.82) is 0 Å². The fourth-order valence-corrected chi connectivity index (χ4v) is 6.16. The minimum atomic E-state index is 0.806. The Kier molecular flexibility index (Phi) is 16.5. The third-order valence-corrected chi connectivity index (χ3v) is 8.74. The molecule has 3 aliphatic rings. The van der Waals surface area contributed by atoms with Gasteiger partial charge in [-0.25, -0.2) is 0 Å². The number of nitrogens with zero attached hydrogens (tertiary/aromatic N) is 8. The summed E-state index contributed by atoms with van der Waals surface area (Å²) in [6.45, 7) is 10.9. The van der Waals surface area contributed by atoms with Crippen molar-refractivity contribution >= 4 is 37.3 Å². The lowest BCUT2D eigenvalue weighted by Gasteiger charge is -2.21. The molecule has 0 aromatic heterocycles. The van der Waals surface area contributed by atoms with Gasteiger partial charge in [-0.1, -0.05) is 54.6 Å². The van der Waals surface area contributed by atoms with Gasteiger partial charge in [-0.3, -0.25) is 30.0 Å². The number of aliphatic imine (C=N–C) groups is 6. The zero-order valence-corrected chi connectivity index (χ0v) is 29.7. The molecule has 8 nitrogen and oxygen atoms in total. The summed E-state index contributed by atoms with van der Waals surface area (Å²) in [5.41, 5.74) is 6.72. The van der Waals surface area contributed by atoms with Crippen LogP contribution < -0.4 is 0 Å². The highest BCUT2D eigenvalue weighted by Gasteiger charge is 2.06. The van der Waals surface area contributed by atoms with E-state index in [0.29, 0.717) is 0 Å². The Morgan fingerprint density at radius 2 is 0.500 bits per heavy atom. The highest BCUT2D eigenvalue weighted by molar-refractivity contribution is 5.87. The average molecular weight is 671 g/mol. The molecule has 8 bridgehead atoms. The monoisotopic (exact) mass is 670 g/mol. The second-order valence-corrected chi connectivity index (χ2v) is 13.0. The molecule has 0 fully saturated rings. The Morgan fingerprint density at radius 3 is 0.700 bits per heavy atom. The zero-order valence-electron chi connectivity index (χ0n) is 29.7. The summed E-state index contributed by atoms with van der Waals surface area (Å²) in [7, 11) is 0. The zero-order chi connectivity index (χ0) is 34.3. The standard InChI is InChI=1S/C42H54N8/c1-10-37-28-38(11-1)32-44-17-5-23-50-25-7-19-46-34-40-13-2-12-39(29-40)33-45-18-6-24-49(22-4-16-43-31-37)26-8-20-47-35-41-14-3-15-42(30-41)36-48-21-9-27-50/h1-3,10-15,28-36H,4-9,16-27H2. The molecule has 0 saturated heterocycles. The lowest BCUT2D eigenvalue weighted by Crippen LogP contribution is -2.28. The Hall–Kier alpha value is -4.40. The molecule has 0 spiro atoms. The highest BCUT2D eigenvalue weighted by atomic mass is 15.1. The highest BCUT2D eigenvalue weighted by Crippen LogP contribution is 2.07. The van der Waals surface area contributed by atoms with Gasteiger partial charge in [-0.15, -0.1) is 0 Å². The topological polar surface area (TPSA) is 80.6 Å². The van der Waals surface area contributed by atoms with E-state index in [9.17, 15) is 0 Å². The van der Waals surface area contributed by atoms with E-state index in [1.807, 2.05) is 37.3 Å². The molecule has 8 heteroatoms. The van der Waals surface area contributed by atoms with Crippen LogP contribution in [0.15, 0.2) is 103 Å². The molecule has 50 heavy (non-hydrogen) atoms. The molecule has 0 atom stereocenters. The summed E-state index contributed by atoms with van der Waals surface area (Å²) in [6, 6.07) is 25.5. The fourth-order valence-electron chi connectivity index (χ4n) is 6.16. The van der Waals surface area contributed by atoms with E-state index < -0.39 is 0 Å². The van der Waals surface area contributed by atoms with Gasteiger partial charge in [0.25, 0.3) is 0 Å². The molecule has 3 aliphatic heterocycles. The molecule has 0 N–H and O–H groups in total. The molecule has 3 aromatic rings. The lowest BCUT2D eigenvalue weighted by molar-refractivity contribution is 0.269. The van der Waals surface area contributed by atoms with E-state index in [0.717, 1.165) is 150 Å². The molecule has 0 saturated carbocycles. The SMILES string of the molecule is C1=NCCCN2CCCN=Cc3cccc(c3)C=NCCCN(CCCN=Cc3cccc1c3)CCCN=Cc1cccc(c1)C=NCCC2. The third-order valence-electron chi connectivity index (χ3n) is 8.74. The van der Waals surface area contributed by atoms with E-state index >= 15 is 0 Å². The van der Waals surface area contributed by atoms with Gasteiger partial charge in [0.05, 0.1) is 0 Å². The van der Waals surface area contributed by atoms with Crippen molar-refractivity contribution in [2.45, 2.75) is 38.5 Å². The second-order valence-electron chi connectivity index (χ2n) is 13.0. The van der Waals surface area contributed by atoms with Gasteiger partial charge in [0, 0.05) is 76.6 Å². The average Bonchev–Trinajstić information content (AvgIpc) is 3.13. The summed E-state index contributed by atoms with van der Waals surface area (Å²) in [6.07, 6.45) is 18.1. The number of benzene rings is 3. The molecule has 262 valence electrons. The summed E-state index contributed by atoms with van der Waals surface area (Å²) in [5.74, 6) is 0. The fraction of sp³-hybridized carbons (Fsp3) is 0.429. The normalized spacial score (nSPS) is 20.9. The van der Waals surface area contributed by atoms with Crippen LogP contribution in [0.2, 0.25) is 0 Å². The van der Waals surface area contributed by atoms with Crippen molar-refractivity contribution in [2.24, 2.45) is 30.0 Å². The molecular weight excluding hydrogens is 617 g/mol. The Bertz CT molecular complexity index is 1310. The molecule has 6 rings (SSSR count). The van der Waals surface area contributed by atoms with Gasteiger partial charge in [0.1, 0.15) is 0 Å². The van der Waals surface area contributed by atoms with Gasteiger partial charge in [-0.05, 0) is 129 Å². The van der Waals surface area contributed by atoms with E-state index in [4.69, 9.17) is 30.0 Å². The minimum absolute atomic E-state index is 0.806. The minimum Gasteiger partial charge on any atom is -0.303 e. The van der Waals surface area contributed by atoms with E-state index in [1.54, 1.807) is 0 Å². The molecule has 0 amide bonds. The number of hydrogen-bond acceptors (Lipinski definition) is 8. The first-order chi connectivity index (χ1) is 24.8. The van der Waals surface area contributed by atoms with Crippen molar-refractivity contribution < 1.29 is 0 Å². The van der Waals surface area contributed by atoms with Gasteiger partial charge < -0.3 is 9.80 Å². The van der Waals surface area contributed by atoms with Crippen LogP contribution >= 0.6 is 0 Å². The van der Waals surface area contributed by atoms with E-state index in [-0.39, 0.29) is 0 Å². The van der Waals surface area contributed by atoms with E-state index in [1.165, 1.54) is 0 Å². The van der Waals surface area contributed by atoms with Crippen LogP contribution in [0.5, 0.6) is 0 Å². The molecule has 0 aliphatic carbocycles. The molecule has 0 unspecified atom stereocenters. The summed E-state index contributed by atoms with van der Waals surface area (Å²) in [4.78, 5) is 33.8. The van der Waals surface area contributed by atoms with Crippen LogP contribution in [0.1, 0.15) is 71.9 Å². The van der Waals surface area contributed by atoms with Gasteiger partial charge >= 0.3 is 0 Å². The van der Waals surface area contributed by atoms with Gasteiger partial charge in [0.2, 0.25) is 0 Å². The van der Waals surface area contributed by atoms with E-state index in [2.05, 4.69) is 82.6 Å². The van der Waals surface area contributed by atoms with Crippen LogP contribution in [-0.2, 0) is 0 Å². The van der Waals surface area contributed by atoms with Crippen LogP contribution in [0.3, 0.4) is 0 Å². The number of rotatable bonds is 0. The first-order valence-electron chi connectivity index (χ1n) is 18.5. The van der Waals surface area contributed by atoms with Crippen LogP contribution in [0.4, 0.5) is 0 Å². The molecule has 0 radical (unpaired) electrons. The summed E-state index contributed by atoms with van der Waals surface area (Å²) < 4.78 is 0. The number of fused-ring (bicyclic) bond motifs is 18. The number of hydrogen-bond donors (Lipinski definition) is 0. The van der Waals surface area contributed by atoms with Crippen molar-refractivity contribution in [2.75, 3.05) is 78.5 Å². The predicted molar refractivity (Wildman–Crippen MR) is 215 cm³/mol. The maximum atomic E-state index is 4.78. The second kappa shape index (κ2) is 22.3. The largest absolute Gasteiger partial charge is 0.303 e. The third kappa shape index (κ3) is 14.6. The maximum absolute atomic E-state index is 4.78.